The maximum atomic E-state index is 6.46. The van der Waals surface area contributed by atoms with Gasteiger partial charge in [-0.1, -0.05) is 24.3 Å². The lowest BCUT2D eigenvalue weighted by Gasteiger charge is -2.38. The summed E-state index contributed by atoms with van der Waals surface area (Å²) < 4.78 is 23.2. The fraction of sp³-hybridized carbons (Fsp3) is 0.261. The first-order valence-corrected chi connectivity index (χ1v) is 10.6. The zero-order valence-corrected chi connectivity index (χ0v) is 17.8. The average molecular weight is 423 g/mol. The number of fused-ring (bicyclic) bond motifs is 3. The summed E-state index contributed by atoms with van der Waals surface area (Å²) in [5, 5.41) is 9.11. The Kier molecular flexibility index (Phi) is 4.75. The van der Waals surface area contributed by atoms with Gasteiger partial charge in [0.05, 0.1) is 43.5 Å². The molecule has 0 saturated carbocycles. The van der Waals surface area contributed by atoms with Crippen molar-refractivity contribution in [2.45, 2.75) is 18.7 Å². The molecule has 5 rings (SSSR count). The molecule has 0 fully saturated rings. The third-order valence-corrected chi connectivity index (χ3v) is 6.42. The van der Waals surface area contributed by atoms with Crippen LogP contribution in [0.2, 0.25) is 0 Å². The predicted molar refractivity (Wildman–Crippen MR) is 116 cm³/mol. The molecule has 3 heterocycles. The fourth-order valence-electron chi connectivity index (χ4n) is 4.15. The molecule has 0 bridgehead atoms. The third-order valence-electron chi connectivity index (χ3n) is 5.51. The molecule has 0 radical (unpaired) electrons. The van der Waals surface area contributed by atoms with Crippen LogP contribution < -0.4 is 18.9 Å². The molecule has 2 aliphatic heterocycles. The lowest BCUT2D eigenvalue weighted by molar-refractivity contribution is -0.0205. The molecule has 0 aliphatic carbocycles. The van der Waals surface area contributed by atoms with Gasteiger partial charge >= 0.3 is 0 Å². The zero-order valence-electron chi connectivity index (χ0n) is 17.0. The van der Waals surface area contributed by atoms with Crippen molar-refractivity contribution in [1.82, 2.24) is 5.01 Å². The van der Waals surface area contributed by atoms with E-state index in [-0.39, 0.29) is 6.04 Å². The monoisotopic (exact) mass is 422 g/mol. The SMILES string of the molecule is COc1ccc(C2Oc3ccccc3C3CC(c4cccs4)=NN32)c(OC)c1OC. The topological polar surface area (TPSA) is 52.5 Å². The summed E-state index contributed by atoms with van der Waals surface area (Å²) in [6.45, 7) is 0. The zero-order chi connectivity index (χ0) is 20.7. The molecular formula is C23H22N2O4S. The lowest BCUT2D eigenvalue weighted by atomic mass is 9.97. The van der Waals surface area contributed by atoms with Gasteiger partial charge in [-0.25, -0.2) is 5.01 Å². The number of benzene rings is 2. The number of hydrazone groups is 1. The number of hydrogen-bond donors (Lipinski definition) is 0. The van der Waals surface area contributed by atoms with Crippen molar-refractivity contribution in [2.75, 3.05) is 21.3 Å². The highest BCUT2D eigenvalue weighted by Crippen LogP contribution is 2.51. The van der Waals surface area contributed by atoms with Crippen molar-refractivity contribution in [3.63, 3.8) is 0 Å². The summed E-state index contributed by atoms with van der Waals surface area (Å²) in [6, 6.07) is 16.2. The smallest absolute Gasteiger partial charge is 0.217 e. The van der Waals surface area contributed by atoms with E-state index >= 15 is 0 Å². The standard InChI is InChI=1S/C23H22N2O4S/c1-26-19-11-10-15(21(27-2)22(19)28-3)23-25-17(14-7-4-5-8-18(14)29-23)13-16(24-25)20-9-6-12-30-20/h4-12,17,23H,13H2,1-3H3. The van der Waals surface area contributed by atoms with Gasteiger partial charge in [-0.2, -0.15) is 5.10 Å². The van der Waals surface area contributed by atoms with Gasteiger partial charge in [-0.3, -0.25) is 0 Å². The second-order valence-electron chi connectivity index (χ2n) is 7.06. The Bertz CT molecular complexity index is 1100. The quantitative estimate of drug-likeness (QED) is 0.578. The van der Waals surface area contributed by atoms with E-state index < -0.39 is 6.23 Å². The van der Waals surface area contributed by atoms with E-state index in [4.69, 9.17) is 24.0 Å². The van der Waals surface area contributed by atoms with Gasteiger partial charge in [-0.05, 0) is 29.6 Å². The first-order chi connectivity index (χ1) is 14.7. The number of thiophene rings is 1. The highest BCUT2D eigenvalue weighted by molar-refractivity contribution is 7.12. The molecule has 0 spiro atoms. The van der Waals surface area contributed by atoms with Crippen LogP contribution in [0.1, 0.15) is 34.7 Å². The molecule has 7 heteroatoms. The van der Waals surface area contributed by atoms with Crippen LogP contribution in [-0.4, -0.2) is 32.0 Å². The highest BCUT2D eigenvalue weighted by atomic mass is 32.1. The van der Waals surface area contributed by atoms with Crippen LogP contribution in [0.3, 0.4) is 0 Å². The van der Waals surface area contributed by atoms with Crippen LogP contribution in [0.4, 0.5) is 0 Å². The third kappa shape index (κ3) is 2.89. The number of hydrogen-bond acceptors (Lipinski definition) is 7. The van der Waals surface area contributed by atoms with Gasteiger partial charge in [0, 0.05) is 12.0 Å². The van der Waals surface area contributed by atoms with Crippen molar-refractivity contribution < 1.29 is 18.9 Å². The van der Waals surface area contributed by atoms with Crippen molar-refractivity contribution in [3.8, 4) is 23.0 Å². The minimum Gasteiger partial charge on any atom is -0.493 e. The molecule has 6 nitrogen and oxygen atoms in total. The fourth-order valence-corrected chi connectivity index (χ4v) is 4.87. The minimum absolute atomic E-state index is 0.0925. The summed E-state index contributed by atoms with van der Waals surface area (Å²) in [5.41, 5.74) is 3.05. The van der Waals surface area contributed by atoms with Crippen molar-refractivity contribution in [1.29, 1.82) is 0 Å². The number of para-hydroxylation sites is 1. The predicted octanol–water partition coefficient (Wildman–Crippen LogP) is 5.02. The van der Waals surface area contributed by atoms with E-state index in [0.717, 1.165) is 29.0 Å². The largest absolute Gasteiger partial charge is 0.493 e. The molecule has 0 saturated heterocycles. The van der Waals surface area contributed by atoms with Gasteiger partial charge in [0.2, 0.25) is 12.0 Å². The van der Waals surface area contributed by atoms with Crippen molar-refractivity contribution in [2.24, 2.45) is 5.10 Å². The van der Waals surface area contributed by atoms with Crippen LogP contribution in [0.5, 0.6) is 23.0 Å². The summed E-state index contributed by atoms with van der Waals surface area (Å²) in [6.07, 6.45) is 0.379. The van der Waals surface area contributed by atoms with Gasteiger partial charge in [0.25, 0.3) is 0 Å². The Labute approximate surface area is 179 Å². The van der Waals surface area contributed by atoms with Crippen LogP contribution in [0.25, 0.3) is 0 Å². The Morgan fingerprint density at radius 3 is 2.50 bits per heavy atom. The Hall–Kier alpha value is -3.19. The summed E-state index contributed by atoms with van der Waals surface area (Å²) in [4.78, 5) is 1.18. The normalized spacial score (nSPS) is 19.4. The molecule has 2 aliphatic rings. The molecule has 30 heavy (non-hydrogen) atoms. The Morgan fingerprint density at radius 2 is 1.77 bits per heavy atom. The number of nitrogens with zero attached hydrogens (tertiary/aromatic N) is 2. The second kappa shape index (κ2) is 7.57. The van der Waals surface area contributed by atoms with Crippen molar-refractivity contribution in [3.05, 3.63) is 69.9 Å². The number of ether oxygens (including phenoxy) is 4. The van der Waals surface area contributed by atoms with E-state index in [1.54, 1.807) is 32.7 Å². The molecule has 0 amide bonds. The summed E-state index contributed by atoms with van der Waals surface area (Å²) >= 11 is 1.70. The van der Waals surface area contributed by atoms with Crippen LogP contribution >= 0.6 is 11.3 Å². The van der Waals surface area contributed by atoms with Crippen LogP contribution in [-0.2, 0) is 0 Å². The maximum Gasteiger partial charge on any atom is 0.217 e. The molecule has 3 aromatic rings. The molecule has 2 aromatic carbocycles. The first kappa shape index (κ1) is 18.8. The van der Waals surface area contributed by atoms with Gasteiger partial charge in [-0.15, -0.1) is 11.3 Å². The maximum absolute atomic E-state index is 6.46. The molecular weight excluding hydrogens is 400 g/mol. The van der Waals surface area contributed by atoms with Crippen LogP contribution in [0.15, 0.2) is 59.0 Å². The van der Waals surface area contributed by atoms with Gasteiger partial charge in [0.15, 0.2) is 11.5 Å². The van der Waals surface area contributed by atoms with Crippen molar-refractivity contribution >= 4 is 17.0 Å². The molecule has 2 unspecified atom stereocenters. The van der Waals surface area contributed by atoms with E-state index in [9.17, 15) is 0 Å². The molecule has 1 aromatic heterocycles. The Balaban J connectivity index is 1.65. The van der Waals surface area contributed by atoms with Gasteiger partial charge in [0.1, 0.15) is 5.75 Å². The summed E-state index contributed by atoms with van der Waals surface area (Å²) in [7, 11) is 4.84. The Morgan fingerprint density at radius 1 is 0.933 bits per heavy atom. The van der Waals surface area contributed by atoms with E-state index in [1.807, 2.05) is 35.3 Å². The molecule has 154 valence electrons. The molecule has 0 N–H and O–H groups in total. The first-order valence-electron chi connectivity index (χ1n) is 9.69. The molecule has 2 atom stereocenters. The van der Waals surface area contributed by atoms with E-state index in [1.165, 1.54) is 4.88 Å². The van der Waals surface area contributed by atoms with Gasteiger partial charge < -0.3 is 18.9 Å². The minimum atomic E-state index is -0.447. The van der Waals surface area contributed by atoms with E-state index in [2.05, 4.69) is 23.6 Å². The highest BCUT2D eigenvalue weighted by Gasteiger charge is 2.42. The second-order valence-corrected chi connectivity index (χ2v) is 8.00. The lowest BCUT2D eigenvalue weighted by Crippen LogP contribution is -2.34. The number of methoxy groups -OCH3 is 3. The summed E-state index contributed by atoms with van der Waals surface area (Å²) in [5.74, 6) is 2.59. The number of rotatable bonds is 5. The average Bonchev–Trinajstić information content (AvgIpc) is 3.47. The van der Waals surface area contributed by atoms with E-state index in [0.29, 0.717) is 17.2 Å². The van der Waals surface area contributed by atoms with Crippen LogP contribution in [0, 0.1) is 0 Å².